The third kappa shape index (κ3) is 4.46. The molecule has 1 atom stereocenters. The van der Waals surface area contributed by atoms with Crippen molar-refractivity contribution >= 4 is 39.1 Å². The van der Waals surface area contributed by atoms with Gasteiger partial charge in [0, 0.05) is 23.1 Å². The number of fused-ring (bicyclic) bond motifs is 1. The van der Waals surface area contributed by atoms with Crippen LogP contribution in [0.25, 0.3) is 0 Å². The second-order valence-corrected chi connectivity index (χ2v) is 9.30. The van der Waals surface area contributed by atoms with E-state index in [0.717, 1.165) is 22.9 Å². The summed E-state index contributed by atoms with van der Waals surface area (Å²) in [4.78, 5) is 14.7. The summed E-state index contributed by atoms with van der Waals surface area (Å²) in [7, 11) is -3.29. The molecule has 1 aliphatic heterocycles. The van der Waals surface area contributed by atoms with Gasteiger partial charge in [-0.25, -0.2) is 13.1 Å². The Bertz CT molecular complexity index is 972. The number of carbonyl (C=O) groups excluding carboxylic acids is 1. The Labute approximate surface area is 169 Å². The van der Waals surface area contributed by atoms with Gasteiger partial charge in [-0.3, -0.25) is 4.79 Å². The average Bonchev–Trinajstić information content (AvgIpc) is 2.93. The maximum absolute atomic E-state index is 12.9. The molecule has 0 aromatic heterocycles. The zero-order chi connectivity index (χ0) is 19.8. The second-order valence-electron chi connectivity index (χ2n) is 6.65. The number of nitrogens with zero attached hydrogens (tertiary/aromatic N) is 1. The van der Waals surface area contributed by atoms with Crippen molar-refractivity contribution in [3.05, 3.63) is 68.7 Å². The third-order valence-corrected chi connectivity index (χ3v) is 6.17. The maximum Gasteiger partial charge on any atom is 0.227 e. The molecule has 0 spiro atoms. The lowest BCUT2D eigenvalue weighted by molar-refractivity contribution is -0.132. The van der Waals surface area contributed by atoms with Crippen LogP contribution in [0.1, 0.15) is 35.2 Å². The molecule has 0 radical (unpaired) electrons. The van der Waals surface area contributed by atoms with Gasteiger partial charge in [-0.05, 0) is 41.3 Å². The molecule has 0 fully saturated rings. The van der Waals surface area contributed by atoms with Crippen LogP contribution in [0.2, 0.25) is 10.0 Å². The summed E-state index contributed by atoms with van der Waals surface area (Å²) in [5.41, 5.74) is 3.50. The maximum atomic E-state index is 12.9. The quantitative estimate of drug-likeness (QED) is 0.792. The Morgan fingerprint density at radius 3 is 2.44 bits per heavy atom. The molecule has 27 heavy (non-hydrogen) atoms. The summed E-state index contributed by atoms with van der Waals surface area (Å²) >= 11 is 12.4. The van der Waals surface area contributed by atoms with E-state index in [4.69, 9.17) is 23.2 Å². The van der Waals surface area contributed by atoms with E-state index < -0.39 is 10.0 Å². The van der Waals surface area contributed by atoms with Crippen LogP contribution in [-0.2, 0) is 34.3 Å². The molecule has 0 bridgehead atoms. The monoisotopic (exact) mass is 426 g/mol. The van der Waals surface area contributed by atoms with Crippen LogP contribution in [0.15, 0.2) is 36.4 Å². The summed E-state index contributed by atoms with van der Waals surface area (Å²) < 4.78 is 25.3. The Kier molecular flexibility index (Phi) is 5.82. The van der Waals surface area contributed by atoms with Crippen molar-refractivity contribution < 1.29 is 13.2 Å². The van der Waals surface area contributed by atoms with E-state index in [1.54, 1.807) is 23.1 Å². The van der Waals surface area contributed by atoms with Gasteiger partial charge >= 0.3 is 0 Å². The van der Waals surface area contributed by atoms with Crippen LogP contribution < -0.4 is 4.72 Å². The molecule has 0 saturated carbocycles. The minimum atomic E-state index is -3.29. The largest absolute Gasteiger partial charge is 0.331 e. The van der Waals surface area contributed by atoms with E-state index in [1.165, 1.54) is 0 Å². The van der Waals surface area contributed by atoms with Crippen molar-refractivity contribution in [2.24, 2.45) is 0 Å². The highest BCUT2D eigenvalue weighted by Gasteiger charge is 2.32. The van der Waals surface area contributed by atoms with Crippen LogP contribution >= 0.6 is 23.2 Å². The third-order valence-electron chi connectivity index (χ3n) is 4.79. The molecule has 0 aliphatic carbocycles. The summed E-state index contributed by atoms with van der Waals surface area (Å²) in [5.74, 6) is -0.0734. The van der Waals surface area contributed by atoms with Crippen molar-refractivity contribution in [1.29, 1.82) is 0 Å². The number of amides is 1. The van der Waals surface area contributed by atoms with Gasteiger partial charge < -0.3 is 4.90 Å². The van der Waals surface area contributed by atoms with Gasteiger partial charge in [0.15, 0.2) is 0 Å². The van der Waals surface area contributed by atoms with E-state index in [2.05, 4.69) is 4.72 Å². The van der Waals surface area contributed by atoms with E-state index in [-0.39, 0.29) is 24.9 Å². The first-order valence-corrected chi connectivity index (χ1v) is 11.1. The zero-order valence-corrected chi connectivity index (χ0v) is 17.3. The SMILES string of the molecule is CC1c2cccc(CNS(C)(=O)=O)c2CN1C(=O)Cc1c(Cl)cccc1Cl. The Hall–Kier alpha value is -1.60. The van der Waals surface area contributed by atoms with Crippen molar-refractivity contribution in [2.75, 3.05) is 6.26 Å². The van der Waals surface area contributed by atoms with E-state index >= 15 is 0 Å². The number of nitrogens with one attached hydrogen (secondary N) is 1. The molecular formula is C19H20Cl2N2O3S. The highest BCUT2D eigenvalue weighted by Crippen LogP contribution is 2.36. The molecule has 8 heteroatoms. The lowest BCUT2D eigenvalue weighted by Gasteiger charge is -2.22. The number of sulfonamides is 1. The number of hydrogen-bond donors (Lipinski definition) is 1. The number of hydrogen-bond acceptors (Lipinski definition) is 3. The molecule has 1 heterocycles. The van der Waals surface area contributed by atoms with Crippen LogP contribution in [-0.4, -0.2) is 25.5 Å². The normalized spacial score (nSPS) is 16.4. The van der Waals surface area contributed by atoms with E-state index in [1.807, 2.05) is 25.1 Å². The van der Waals surface area contributed by atoms with Gasteiger partial charge in [0.05, 0.1) is 18.7 Å². The van der Waals surface area contributed by atoms with Gasteiger partial charge in [0.1, 0.15) is 0 Å². The summed E-state index contributed by atoms with van der Waals surface area (Å²) in [6.07, 6.45) is 1.25. The van der Waals surface area contributed by atoms with Crippen molar-refractivity contribution in [3.8, 4) is 0 Å². The molecule has 1 amide bonds. The molecule has 0 saturated heterocycles. The molecule has 1 aliphatic rings. The highest BCUT2D eigenvalue weighted by atomic mass is 35.5. The van der Waals surface area contributed by atoms with Gasteiger partial charge in [0.2, 0.25) is 15.9 Å². The molecule has 2 aromatic rings. The number of carbonyl (C=O) groups is 1. The number of rotatable bonds is 5. The molecule has 1 unspecified atom stereocenters. The minimum Gasteiger partial charge on any atom is -0.331 e. The van der Waals surface area contributed by atoms with Crippen LogP contribution in [0, 0.1) is 0 Å². The molecule has 2 aromatic carbocycles. The Balaban J connectivity index is 1.82. The highest BCUT2D eigenvalue weighted by molar-refractivity contribution is 7.88. The van der Waals surface area contributed by atoms with Crippen LogP contribution in [0.4, 0.5) is 0 Å². The van der Waals surface area contributed by atoms with Crippen LogP contribution in [0.5, 0.6) is 0 Å². The van der Waals surface area contributed by atoms with Crippen molar-refractivity contribution in [1.82, 2.24) is 9.62 Å². The predicted molar refractivity (Wildman–Crippen MR) is 107 cm³/mol. The molecular weight excluding hydrogens is 407 g/mol. The first-order chi connectivity index (χ1) is 12.7. The van der Waals surface area contributed by atoms with Gasteiger partial charge in [-0.1, -0.05) is 47.5 Å². The standard InChI is InChI=1S/C19H20Cl2N2O3S/c1-12-14-6-3-5-13(10-22-27(2,25)26)16(14)11-23(12)19(24)9-15-17(20)7-4-8-18(15)21/h3-8,12,22H,9-11H2,1-2H3. The summed E-state index contributed by atoms with van der Waals surface area (Å²) in [6, 6.07) is 10.8. The average molecular weight is 427 g/mol. The molecule has 1 N–H and O–H groups in total. The fraction of sp³-hybridized carbons (Fsp3) is 0.316. The van der Waals surface area contributed by atoms with E-state index in [9.17, 15) is 13.2 Å². The van der Waals surface area contributed by atoms with E-state index in [0.29, 0.717) is 22.2 Å². The van der Waals surface area contributed by atoms with Gasteiger partial charge in [0.25, 0.3) is 0 Å². The number of halogens is 2. The Morgan fingerprint density at radius 1 is 1.19 bits per heavy atom. The lowest BCUT2D eigenvalue weighted by atomic mass is 10.0. The van der Waals surface area contributed by atoms with Gasteiger partial charge in [-0.2, -0.15) is 0 Å². The second kappa shape index (κ2) is 7.80. The minimum absolute atomic E-state index is 0.0734. The first-order valence-electron chi connectivity index (χ1n) is 8.45. The zero-order valence-electron chi connectivity index (χ0n) is 15.0. The summed E-state index contributed by atoms with van der Waals surface area (Å²) in [6.45, 7) is 2.60. The van der Waals surface area contributed by atoms with Crippen molar-refractivity contribution in [3.63, 3.8) is 0 Å². The topological polar surface area (TPSA) is 66.5 Å². The fourth-order valence-electron chi connectivity index (χ4n) is 3.35. The smallest absolute Gasteiger partial charge is 0.227 e. The summed E-state index contributed by atoms with van der Waals surface area (Å²) in [5, 5.41) is 0.941. The predicted octanol–water partition coefficient (Wildman–Crippen LogP) is 3.69. The molecule has 5 nitrogen and oxygen atoms in total. The molecule has 144 valence electrons. The van der Waals surface area contributed by atoms with Crippen LogP contribution in [0.3, 0.4) is 0 Å². The first kappa shape index (κ1) is 20.1. The fourth-order valence-corrected chi connectivity index (χ4v) is 4.30. The Morgan fingerprint density at radius 2 is 1.81 bits per heavy atom. The molecule has 3 rings (SSSR count). The lowest BCUT2D eigenvalue weighted by Crippen LogP contribution is -2.30. The van der Waals surface area contributed by atoms with Crippen molar-refractivity contribution in [2.45, 2.75) is 32.5 Å². The number of benzene rings is 2. The van der Waals surface area contributed by atoms with Gasteiger partial charge in [-0.15, -0.1) is 0 Å².